The fraction of sp³-hybridized carbons (Fsp3) is 0.231. The van der Waals surface area contributed by atoms with Crippen molar-refractivity contribution in [1.29, 1.82) is 0 Å². The molecular weight excluding hydrogens is 325 g/mol. The zero-order valence-electron chi connectivity index (χ0n) is 9.92. The lowest BCUT2D eigenvalue weighted by Crippen LogP contribution is -2.08. The Balaban J connectivity index is 2.70. The molecule has 0 aliphatic carbocycles. The van der Waals surface area contributed by atoms with Crippen molar-refractivity contribution in [2.75, 3.05) is 13.9 Å². The average molecular weight is 335 g/mol. The summed E-state index contributed by atoms with van der Waals surface area (Å²) in [7, 11) is 1.41. The van der Waals surface area contributed by atoms with Gasteiger partial charge in [-0.25, -0.2) is 0 Å². The van der Waals surface area contributed by atoms with Gasteiger partial charge in [0.05, 0.1) is 10.0 Å². The lowest BCUT2D eigenvalue weighted by molar-refractivity contribution is -0.138. The molecule has 2 aromatic rings. The Bertz CT molecular complexity index is 596. The summed E-state index contributed by atoms with van der Waals surface area (Å²) < 4.78 is 48.8. The molecule has 0 aliphatic heterocycles. The van der Waals surface area contributed by atoms with Crippen molar-refractivity contribution < 1.29 is 22.6 Å². The molecule has 0 saturated carbocycles. The minimum Gasteiger partial charge on any atom is -0.466 e. The predicted molar refractivity (Wildman–Crippen MR) is 69.2 cm³/mol. The first-order chi connectivity index (χ1) is 8.95. The van der Waals surface area contributed by atoms with Crippen LogP contribution < -0.4 is 4.74 Å². The van der Waals surface area contributed by atoms with Crippen LogP contribution in [-0.2, 0) is 10.9 Å². The highest BCUT2D eigenvalue weighted by Gasteiger charge is 2.35. The Kier molecular flexibility index (Phi) is 4.01. The lowest BCUT2D eigenvalue weighted by atomic mass is 10.1. The second-order valence-corrected chi connectivity index (χ2v) is 4.63. The molecule has 102 valence electrons. The van der Waals surface area contributed by atoms with Gasteiger partial charge in [-0.15, -0.1) is 0 Å². The number of ether oxygens (including phenoxy) is 2. The standard InChI is InChI=1S/C13H10BrF3O2/c1-18-7-19-12-9-5-3-2-4-8(9)6-10(11(12)14)13(15,16)17/h2-6H,7H2,1H3. The Morgan fingerprint density at radius 2 is 1.89 bits per heavy atom. The maximum Gasteiger partial charge on any atom is 0.417 e. The van der Waals surface area contributed by atoms with Gasteiger partial charge in [0.25, 0.3) is 0 Å². The van der Waals surface area contributed by atoms with Gasteiger partial charge in [-0.05, 0) is 27.4 Å². The Labute approximate surface area is 116 Å². The summed E-state index contributed by atoms with van der Waals surface area (Å²) in [6, 6.07) is 7.82. The molecule has 0 fully saturated rings. The van der Waals surface area contributed by atoms with Crippen molar-refractivity contribution in [2.24, 2.45) is 0 Å². The first-order valence-corrected chi connectivity index (χ1v) is 6.14. The second-order valence-electron chi connectivity index (χ2n) is 3.84. The molecule has 0 bridgehead atoms. The predicted octanol–water partition coefficient (Wildman–Crippen LogP) is 4.60. The molecule has 0 amide bonds. The van der Waals surface area contributed by atoms with Crippen LogP contribution >= 0.6 is 15.9 Å². The summed E-state index contributed by atoms with van der Waals surface area (Å²) in [6.45, 7) is -0.121. The Morgan fingerprint density at radius 1 is 1.21 bits per heavy atom. The van der Waals surface area contributed by atoms with Crippen molar-refractivity contribution in [2.45, 2.75) is 6.18 Å². The monoisotopic (exact) mass is 334 g/mol. The van der Waals surface area contributed by atoms with Gasteiger partial charge < -0.3 is 9.47 Å². The molecule has 0 heterocycles. The Morgan fingerprint density at radius 3 is 2.53 bits per heavy atom. The summed E-state index contributed by atoms with van der Waals surface area (Å²) in [6.07, 6.45) is -4.45. The maximum atomic E-state index is 13.0. The number of methoxy groups -OCH3 is 1. The first-order valence-electron chi connectivity index (χ1n) is 5.35. The fourth-order valence-corrected chi connectivity index (χ4v) is 2.42. The van der Waals surface area contributed by atoms with Crippen LogP contribution in [-0.4, -0.2) is 13.9 Å². The normalized spacial score (nSPS) is 11.8. The number of fused-ring (bicyclic) bond motifs is 1. The topological polar surface area (TPSA) is 18.5 Å². The molecule has 0 unspecified atom stereocenters. The lowest BCUT2D eigenvalue weighted by Gasteiger charge is -2.16. The molecule has 6 heteroatoms. The third-order valence-electron chi connectivity index (χ3n) is 2.57. The number of halogens is 4. The van der Waals surface area contributed by atoms with Crippen LogP contribution in [0.1, 0.15) is 5.56 Å². The van der Waals surface area contributed by atoms with Gasteiger partial charge in [0.1, 0.15) is 5.75 Å². The highest BCUT2D eigenvalue weighted by Crippen LogP contribution is 2.43. The molecule has 0 saturated heterocycles. The van der Waals surface area contributed by atoms with Gasteiger partial charge in [-0.2, -0.15) is 13.2 Å². The van der Waals surface area contributed by atoms with E-state index in [2.05, 4.69) is 15.9 Å². The molecule has 2 nitrogen and oxygen atoms in total. The number of rotatable bonds is 3. The number of hydrogen-bond donors (Lipinski definition) is 0. The van der Waals surface area contributed by atoms with Crippen LogP contribution in [0.3, 0.4) is 0 Å². The minimum absolute atomic E-state index is 0.115. The first kappa shape index (κ1) is 14.1. The fourth-order valence-electron chi connectivity index (χ4n) is 1.75. The average Bonchev–Trinajstić information content (AvgIpc) is 2.36. The van der Waals surface area contributed by atoms with E-state index in [9.17, 15) is 13.2 Å². The van der Waals surface area contributed by atoms with E-state index in [4.69, 9.17) is 9.47 Å². The molecule has 0 aliphatic rings. The third-order valence-corrected chi connectivity index (χ3v) is 3.35. The summed E-state index contributed by atoms with van der Waals surface area (Å²) in [5.41, 5.74) is -0.766. The number of alkyl halides is 3. The van der Waals surface area contributed by atoms with Crippen LogP contribution in [0.2, 0.25) is 0 Å². The zero-order chi connectivity index (χ0) is 14.0. The van der Waals surface area contributed by atoms with Gasteiger partial charge >= 0.3 is 6.18 Å². The SMILES string of the molecule is COCOc1c(Br)c(C(F)(F)F)cc2ccccc12. The van der Waals surface area contributed by atoms with Crippen molar-refractivity contribution in [3.63, 3.8) is 0 Å². The van der Waals surface area contributed by atoms with Crippen molar-refractivity contribution in [3.05, 3.63) is 40.4 Å². The van der Waals surface area contributed by atoms with Gasteiger partial charge in [0, 0.05) is 12.5 Å². The highest BCUT2D eigenvalue weighted by molar-refractivity contribution is 9.10. The van der Waals surface area contributed by atoms with Gasteiger partial charge in [-0.3, -0.25) is 0 Å². The van der Waals surface area contributed by atoms with E-state index in [-0.39, 0.29) is 17.0 Å². The van der Waals surface area contributed by atoms with Gasteiger partial charge in [0.2, 0.25) is 0 Å². The number of benzene rings is 2. The molecule has 0 N–H and O–H groups in total. The van der Waals surface area contributed by atoms with Crippen LogP contribution in [0.4, 0.5) is 13.2 Å². The van der Waals surface area contributed by atoms with E-state index in [0.717, 1.165) is 6.07 Å². The van der Waals surface area contributed by atoms with Crippen LogP contribution in [0.25, 0.3) is 10.8 Å². The molecule has 19 heavy (non-hydrogen) atoms. The summed E-state index contributed by atoms with van der Waals surface area (Å²) in [5, 5.41) is 1.06. The molecule has 0 aromatic heterocycles. The number of hydrogen-bond acceptors (Lipinski definition) is 2. The van der Waals surface area contributed by atoms with Crippen LogP contribution in [0, 0.1) is 0 Å². The van der Waals surface area contributed by atoms with Crippen LogP contribution in [0.5, 0.6) is 5.75 Å². The highest BCUT2D eigenvalue weighted by atomic mass is 79.9. The van der Waals surface area contributed by atoms with E-state index in [1.54, 1.807) is 24.3 Å². The van der Waals surface area contributed by atoms with E-state index in [1.807, 2.05) is 0 Å². The molecule has 2 aromatic carbocycles. The van der Waals surface area contributed by atoms with Crippen molar-refractivity contribution in [3.8, 4) is 5.75 Å². The maximum absolute atomic E-state index is 13.0. The van der Waals surface area contributed by atoms with E-state index >= 15 is 0 Å². The minimum atomic E-state index is -4.45. The van der Waals surface area contributed by atoms with Crippen molar-refractivity contribution >= 4 is 26.7 Å². The quantitative estimate of drug-likeness (QED) is 0.763. The molecule has 2 rings (SSSR count). The van der Waals surface area contributed by atoms with Crippen LogP contribution in [0.15, 0.2) is 34.8 Å². The molecule has 0 radical (unpaired) electrons. The summed E-state index contributed by atoms with van der Waals surface area (Å²) in [4.78, 5) is 0. The van der Waals surface area contributed by atoms with E-state index < -0.39 is 11.7 Å². The van der Waals surface area contributed by atoms with Crippen molar-refractivity contribution in [1.82, 2.24) is 0 Å². The molecule has 0 atom stereocenters. The van der Waals surface area contributed by atoms with E-state index in [1.165, 1.54) is 7.11 Å². The van der Waals surface area contributed by atoms with Gasteiger partial charge in [-0.1, -0.05) is 24.3 Å². The zero-order valence-corrected chi connectivity index (χ0v) is 11.5. The summed E-state index contributed by atoms with van der Waals surface area (Å²) >= 11 is 2.97. The summed E-state index contributed by atoms with van der Waals surface area (Å²) in [5.74, 6) is 0.132. The molecule has 0 spiro atoms. The third kappa shape index (κ3) is 2.84. The smallest absolute Gasteiger partial charge is 0.417 e. The van der Waals surface area contributed by atoms with E-state index in [0.29, 0.717) is 10.8 Å². The Hall–Kier alpha value is -1.27. The second kappa shape index (κ2) is 5.38. The largest absolute Gasteiger partial charge is 0.466 e. The van der Waals surface area contributed by atoms with Gasteiger partial charge in [0.15, 0.2) is 6.79 Å². The molecular formula is C13H10BrF3O2.